The van der Waals surface area contributed by atoms with E-state index >= 15 is 0 Å². The van der Waals surface area contributed by atoms with Crippen molar-refractivity contribution in [2.24, 2.45) is 0 Å². The highest BCUT2D eigenvalue weighted by Gasteiger charge is 2.17. The molecule has 2 aromatic rings. The fourth-order valence-electron chi connectivity index (χ4n) is 2.45. The third-order valence-corrected chi connectivity index (χ3v) is 5.41. The van der Waals surface area contributed by atoms with Crippen molar-refractivity contribution in [3.63, 3.8) is 0 Å². The zero-order valence-electron chi connectivity index (χ0n) is 15.3. The molecule has 0 saturated carbocycles. The summed E-state index contributed by atoms with van der Waals surface area (Å²) in [7, 11) is 0. The summed E-state index contributed by atoms with van der Waals surface area (Å²) in [4.78, 5) is 12.3. The molecule has 1 amide bonds. The predicted molar refractivity (Wildman–Crippen MR) is 111 cm³/mol. The van der Waals surface area contributed by atoms with Crippen LogP contribution in [-0.2, 0) is 17.0 Å². The summed E-state index contributed by atoms with van der Waals surface area (Å²) >= 11 is 7.89. The molecule has 2 rings (SSSR count). The average molecular weight is 392 g/mol. The van der Waals surface area contributed by atoms with Crippen LogP contribution in [0.4, 0.5) is 0 Å². The normalized spacial score (nSPS) is 11.8. The Morgan fingerprint density at radius 1 is 1.15 bits per heavy atom. The van der Waals surface area contributed by atoms with E-state index in [1.54, 1.807) is 11.8 Å². The third kappa shape index (κ3) is 6.58. The molecule has 0 bridgehead atoms. The highest BCUT2D eigenvalue weighted by atomic mass is 35.5. The van der Waals surface area contributed by atoms with E-state index in [-0.39, 0.29) is 5.91 Å². The van der Waals surface area contributed by atoms with Gasteiger partial charge in [-0.2, -0.15) is 11.8 Å². The van der Waals surface area contributed by atoms with Gasteiger partial charge in [0, 0.05) is 23.1 Å². The maximum absolute atomic E-state index is 12.3. The fraction of sp³-hybridized carbons (Fsp3) is 0.381. The molecular weight excluding hydrogens is 366 g/mol. The second kappa shape index (κ2) is 11.1. The van der Waals surface area contributed by atoms with Gasteiger partial charge in [0.25, 0.3) is 5.91 Å². The second-order valence-corrected chi connectivity index (χ2v) is 7.46. The first-order valence-corrected chi connectivity index (χ1v) is 10.5. The number of hydrogen-bond donors (Lipinski definition) is 1. The van der Waals surface area contributed by atoms with Crippen LogP contribution in [0.25, 0.3) is 0 Å². The van der Waals surface area contributed by atoms with Crippen LogP contribution in [0.5, 0.6) is 5.75 Å². The van der Waals surface area contributed by atoms with Crippen LogP contribution >= 0.6 is 23.4 Å². The van der Waals surface area contributed by atoms with Crippen molar-refractivity contribution >= 4 is 29.3 Å². The van der Waals surface area contributed by atoms with Crippen molar-refractivity contribution in [2.75, 3.05) is 12.3 Å². The zero-order valence-corrected chi connectivity index (χ0v) is 16.9. The van der Waals surface area contributed by atoms with Crippen molar-refractivity contribution in [3.05, 3.63) is 64.7 Å². The topological polar surface area (TPSA) is 38.3 Å². The minimum Gasteiger partial charge on any atom is -0.481 e. The lowest BCUT2D eigenvalue weighted by Crippen LogP contribution is -2.39. The number of benzene rings is 2. The van der Waals surface area contributed by atoms with Gasteiger partial charge >= 0.3 is 0 Å². The minimum atomic E-state index is -0.462. The van der Waals surface area contributed by atoms with E-state index in [4.69, 9.17) is 16.3 Å². The van der Waals surface area contributed by atoms with Crippen LogP contribution in [0.3, 0.4) is 0 Å². The maximum atomic E-state index is 12.3. The first-order chi connectivity index (χ1) is 12.6. The summed E-state index contributed by atoms with van der Waals surface area (Å²) in [5, 5.41) is 3.75. The van der Waals surface area contributed by atoms with E-state index in [0.717, 1.165) is 34.3 Å². The molecule has 0 aliphatic carbocycles. The minimum absolute atomic E-state index is 0.0644. The Labute approximate surface area is 165 Å². The molecule has 0 saturated heterocycles. The lowest BCUT2D eigenvalue weighted by Gasteiger charge is -2.17. The molecule has 26 heavy (non-hydrogen) atoms. The largest absolute Gasteiger partial charge is 0.481 e. The summed E-state index contributed by atoms with van der Waals surface area (Å²) in [6.07, 6.45) is 1.16. The molecule has 2 aromatic carbocycles. The van der Waals surface area contributed by atoms with Crippen LogP contribution in [0.2, 0.25) is 5.02 Å². The van der Waals surface area contributed by atoms with Crippen LogP contribution in [0, 0.1) is 0 Å². The Morgan fingerprint density at radius 2 is 1.88 bits per heavy atom. The van der Waals surface area contributed by atoms with E-state index in [1.165, 1.54) is 5.56 Å². The van der Waals surface area contributed by atoms with Gasteiger partial charge in [0.2, 0.25) is 0 Å². The number of nitrogens with one attached hydrogen (secondary N) is 1. The Balaban J connectivity index is 1.71. The summed E-state index contributed by atoms with van der Waals surface area (Å²) < 4.78 is 5.83. The van der Waals surface area contributed by atoms with Gasteiger partial charge < -0.3 is 10.1 Å². The highest BCUT2D eigenvalue weighted by molar-refractivity contribution is 7.98. The Hall–Kier alpha value is -1.65. The molecular formula is C21H26ClNO2S. The van der Waals surface area contributed by atoms with Crippen LogP contribution in [-0.4, -0.2) is 24.3 Å². The fourth-order valence-corrected chi connectivity index (χ4v) is 3.59. The number of halogens is 1. The van der Waals surface area contributed by atoms with Crippen molar-refractivity contribution in [2.45, 2.75) is 38.5 Å². The van der Waals surface area contributed by atoms with E-state index in [2.05, 4.69) is 12.2 Å². The van der Waals surface area contributed by atoms with Gasteiger partial charge in [0.05, 0.1) is 0 Å². The number of rotatable bonds is 10. The van der Waals surface area contributed by atoms with Gasteiger partial charge in [-0.05, 0) is 42.2 Å². The van der Waals surface area contributed by atoms with Gasteiger partial charge in [-0.1, -0.05) is 55.8 Å². The third-order valence-electron chi connectivity index (χ3n) is 4.03. The Kier molecular flexibility index (Phi) is 8.86. The second-order valence-electron chi connectivity index (χ2n) is 5.95. The van der Waals surface area contributed by atoms with Crippen molar-refractivity contribution in [3.8, 4) is 5.75 Å². The standard InChI is InChI=1S/C21H26ClNO2S/c1-3-16-9-11-18(12-10-16)25-20(4-2)21(24)23-13-14-26-15-17-7-5-6-8-19(17)22/h5-12,20H,3-4,13-15H2,1-2H3,(H,23,24)/t20-/m0/s1. The first kappa shape index (κ1) is 20.7. The van der Waals surface area contributed by atoms with Gasteiger partial charge in [-0.15, -0.1) is 0 Å². The number of amides is 1. The number of carbonyl (C=O) groups is 1. The quantitative estimate of drug-likeness (QED) is 0.572. The van der Waals surface area contributed by atoms with Gasteiger partial charge in [0.15, 0.2) is 6.10 Å². The summed E-state index contributed by atoms with van der Waals surface area (Å²) in [6.45, 7) is 4.68. The lowest BCUT2D eigenvalue weighted by atomic mass is 10.2. The lowest BCUT2D eigenvalue weighted by molar-refractivity contribution is -0.127. The van der Waals surface area contributed by atoms with Crippen LogP contribution < -0.4 is 10.1 Å². The zero-order chi connectivity index (χ0) is 18.8. The first-order valence-electron chi connectivity index (χ1n) is 8.98. The number of hydrogen-bond acceptors (Lipinski definition) is 3. The smallest absolute Gasteiger partial charge is 0.261 e. The Morgan fingerprint density at radius 3 is 2.54 bits per heavy atom. The van der Waals surface area contributed by atoms with E-state index in [9.17, 15) is 4.79 Å². The SMILES string of the molecule is CCc1ccc(O[C@@H](CC)C(=O)NCCSCc2ccccc2Cl)cc1. The average Bonchev–Trinajstić information content (AvgIpc) is 2.67. The molecule has 5 heteroatoms. The van der Waals surface area contributed by atoms with Crippen LogP contribution in [0.1, 0.15) is 31.4 Å². The Bertz CT molecular complexity index is 691. The van der Waals surface area contributed by atoms with Gasteiger partial charge in [-0.25, -0.2) is 0 Å². The molecule has 0 heterocycles. The number of aryl methyl sites for hydroxylation is 1. The van der Waals surface area contributed by atoms with Crippen LogP contribution in [0.15, 0.2) is 48.5 Å². The maximum Gasteiger partial charge on any atom is 0.261 e. The van der Waals surface area contributed by atoms with Crippen molar-refractivity contribution < 1.29 is 9.53 Å². The van der Waals surface area contributed by atoms with E-state index in [0.29, 0.717) is 13.0 Å². The summed E-state index contributed by atoms with van der Waals surface area (Å²) in [6, 6.07) is 15.8. The molecule has 140 valence electrons. The van der Waals surface area contributed by atoms with E-state index in [1.807, 2.05) is 55.5 Å². The van der Waals surface area contributed by atoms with Gasteiger partial charge in [-0.3, -0.25) is 4.79 Å². The van der Waals surface area contributed by atoms with Crippen molar-refractivity contribution in [1.82, 2.24) is 5.32 Å². The monoisotopic (exact) mass is 391 g/mol. The highest BCUT2D eigenvalue weighted by Crippen LogP contribution is 2.20. The number of ether oxygens (including phenoxy) is 1. The molecule has 1 N–H and O–H groups in total. The molecule has 3 nitrogen and oxygen atoms in total. The summed E-state index contributed by atoms with van der Waals surface area (Å²) in [5.41, 5.74) is 2.38. The molecule has 0 aliphatic heterocycles. The van der Waals surface area contributed by atoms with Crippen molar-refractivity contribution in [1.29, 1.82) is 0 Å². The molecule has 0 spiro atoms. The molecule has 0 aliphatic rings. The molecule has 0 radical (unpaired) electrons. The molecule has 0 aromatic heterocycles. The van der Waals surface area contributed by atoms with Gasteiger partial charge in [0.1, 0.15) is 5.75 Å². The molecule has 1 atom stereocenters. The number of carbonyl (C=O) groups excluding carboxylic acids is 1. The predicted octanol–water partition coefficient (Wildman–Crippen LogP) is 5.11. The number of thioether (sulfide) groups is 1. The molecule has 0 unspecified atom stereocenters. The molecule has 0 fully saturated rings. The summed E-state index contributed by atoms with van der Waals surface area (Å²) in [5.74, 6) is 2.34. The van der Waals surface area contributed by atoms with E-state index < -0.39 is 6.10 Å².